The van der Waals surface area contributed by atoms with E-state index in [-0.39, 0.29) is 18.9 Å². The van der Waals surface area contributed by atoms with Gasteiger partial charge in [0.15, 0.2) is 5.82 Å². The average molecular weight is 336 g/mol. The summed E-state index contributed by atoms with van der Waals surface area (Å²) in [5.41, 5.74) is -0.755. The fourth-order valence-electron chi connectivity index (χ4n) is 3.27. The Balaban J connectivity index is 1.67. The standard InChI is InChI=1S/C16H15F3N4O/c1-15(17)8-22(9-15)13(24)12-20-14-16(18,19)7-11(23(14)21-12)10-5-3-2-4-6-10/h2-6,11H,7-9H2,1H3/t11-/m1/s1. The summed E-state index contributed by atoms with van der Waals surface area (Å²) in [5, 5.41) is 4.01. The molecule has 2 aromatic rings. The Morgan fingerprint density at radius 3 is 2.50 bits per heavy atom. The molecule has 0 spiro atoms. The van der Waals surface area contributed by atoms with Crippen molar-refractivity contribution in [3.05, 3.63) is 47.5 Å². The van der Waals surface area contributed by atoms with Crippen LogP contribution >= 0.6 is 0 Å². The normalized spacial score (nSPS) is 23.7. The topological polar surface area (TPSA) is 51.0 Å². The zero-order valence-corrected chi connectivity index (χ0v) is 12.9. The molecule has 0 saturated carbocycles. The zero-order valence-electron chi connectivity index (χ0n) is 12.9. The first kappa shape index (κ1) is 15.2. The van der Waals surface area contributed by atoms with E-state index in [1.54, 1.807) is 30.3 Å². The number of fused-ring (bicyclic) bond motifs is 1. The van der Waals surface area contributed by atoms with Crippen molar-refractivity contribution >= 4 is 5.91 Å². The SMILES string of the molecule is CC1(F)CN(C(=O)c2nc3n(n2)[C@@H](c2ccccc2)CC3(F)F)C1. The van der Waals surface area contributed by atoms with Gasteiger partial charge < -0.3 is 4.90 Å². The number of carbonyl (C=O) groups excluding carboxylic acids is 1. The molecule has 0 unspecified atom stereocenters. The molecule has 0 N–H and O–H groups in total. The van der Waals surface area contributed by atoms with Gasteiger partial charge in [-0.05, 0) is 12.5 Å². The Labute approximate surface area is 136 Å². The van der Waals surface area contributed by atoms with Crippen LogP contribution in [0.15, 0.2) is 30.3 Å². The lowest BCUT2D eigenvalue weighted by molar-refractivity contribution is -0.0116. The first-order valence-corrected chi connectivity index (χ1v) is 7.65. The van der Waals surface area contributed by atoms with E-state index in [9.17, 15) is 18.0 Å². The number of likely N-dealkylation sites (tertiary alicyclic amines) is 1. The van der Waals surface area contributed by atoms with Crippen molar-refractivity contribution in [1.29, 1.82) is 0 Å². The Hall–Kier alpha value is -2.38. The molecule has 1 saturated heterocycles. The summed E-state index contributed by atoms with van der Waals surface area (Å²) in [6, 6.07) is 8.12. The van der Waals surface area contributed by atoms with Gasteiger partial charge >= 0.3 is 5.92 Å². The molecule has 0 radical (unpaired) electrons. The summed E-state index contributed by atoms with van der Waals surface area (Å²) in [6.07, 6.45) is -0.437. The summed E-state index contributed by atoms with van der Waals surface area (Å²) >= 11 is 0. The summed E-state index contributed by atoms with van der Waals surface area (Å²) in [5.74, 6) is -4.59. The van der Waals surface area contributed by atoms with Gasteiger partial charge in [0, 0.05) is 6.42 Å². The van der Waals surface area contributed by atoms with Gasteiger partial charge in [-0.1, -0.05) is 30.3 Å². The molecule has 126 valence electrons. The fourth-order valence-corrected chi connectivity index (χ4v) is 3.27. The minimum absolute atomic E-state index is 0.0752. The van der Waals surface area contributed by atoms with Crippen LogP contribution in [0, 0.1) is 0 Å². The van der Waals surface area contributed by atoms with Crippen molar-refractivity contribution in [3.8, 4) is 0 Å². The van der Waals surface area contributed by atoms with Crippen molar-refractivity contribution in [2.45, 2.75) is 31.0 Å². The average Bonchev–Trinajstić information content (AvgIpc) is 3.05. The van der Waals surface area contributed by atoms with Gasteiger partial charge in [-0.15, -0.1) is 5.10 Å². The monoisotopic (exact) mass is 336 g/mol. The minimum atomic E-state index is -3.16. The fraction of sp³-hybridized carbons (Fsp3) is 0.438. The smallest absolute Gasteiger partial charge is 0.308 e. The molecule has 0 aliphatic carbocycles. The molecule has 2 aliphatic rings. The third-order valence-electron chi connectivity index (χ3n) is 4.41. The van der Waals surface area contributed by atoms with E-state index in [0.29, 0.717) is 5.56 Å². The Morgan fingerprint density at radius 2 is 1.88 bits per heavy atom. The molecule has 1 fully saturated rings. The largest absolute Gasteiger partial charge is 0.329 e. The van der Waals surface area contributed by atoms with Crippen LogP contribution in [0.4, 0.5) is 13.2 Å². The lowest BCUT2D eigenvalue weighted by Gasteiger charge is -2.41. The summed E-state index contributed by atoms with van der Waals surface area (Å²) in [7, 11) is 0. The molecule has 0 bridgehead atoms. The number of alkyl halides is 3. The third kappa shape index (κ3) is 2.28. The lowest BCUT2D eigenvalue weighted by atomic mass is 9.99. The maximum atomic E-state index is 14.3. The van der Waals surface area contributed by atoms with Gasteiger partial charge in [-0.25, -0.2) is 14.1 Å². The van der Waals surface area contributed by atoms with Gasteiger partial charge in [0.05, 0.1) is 19.1 Å². The number of carbonyl (C=O) groups is 1. The first-order valence-electron chi connectivity index (χ1n) is 7.65. The zero-order chi connectivity index (χ0) is 17.1. The second-order valence-corrected chi connectivity index (χ2v) is 6.61. The molecule has 3 heterocycles. The van der Waals surface area contributed by atoms with E-state index in [2.05, 4.69) is 10.1 Å². The summed E-state index contributed by atoms with van der Waals surface area (Å²) < 4.78 is 43.2. The number of hydrogen-bond acceptors (Lipinski definition) is 3. The molecule has 24 heavy (non-hydrogen) atoms. The Morgan fingerprint density at radius 1 is 1.21 bits per heavy atom. The predicted octanol–water partition coefficient (Wildman–Crippen LogP) is 2.55. The van der Waals surface area contributed by atoms with Gasteiger partial charge in [-0.3, -0.25) is 4.79 Å². The number of hydrogen-bond donors (Lipinski definition) is 0. The highest BCUT2D eigenvalue weighted by Gasteiger charge is 2.50. The van der Waals surface area contributed by atoms with Gasteiger partial charge in [0.25, 0.3) is 5.91 Å². The number of rotatable bonds is 2. The molecule has 1 amide bonds. The Kier molecular flexibility index (Phi) is 3.04. The van der Waals surface area contributed by atoms with E-state index in [1.165, 1.54) is 11.8 Å². The molecular formula is C16H15F3N4O. The molecule has 1 atom stereocenters. The van der Waals surface area contributed by atoms with Crippen LogP contribution in [0.3, 0.4) is 0 Å². The molecule has 8 heteroatoms. The van der Waals surface area contributed by atoms with E-state index in [0.717, 1.165) is 4.68 Å². The molecular weight excluding hydrogens is 321 g/mol. The van der Waals surface area contributed by atoms with Crippen molar-refractivity contribution in [1.82, 2.24) is 19.7 Å². The van der Waals surface area contributed by atoms with Crippen LogP contribution in [0.2, 0.25) is 0 Å². The number of halogens is 3. The number of amides is 1. The quantitative estimate of drug-likeness (QED) is 0.847. The van der Waals surface area contributed by atoms with Crippen LogP contribution in [0.5, 0.6) is 0 Å². The highest BCUT2D eigenvalue weighted by Crippen LogP contribution is 2.45. The molecule has 4 rings (SSSR count). The van der Waals surface area contributed by atoms with Gasteiger partial charge in [0.2, 0.25) is 5.82 Å². The van der Waals surface area contributed by atoms with Crippen molar-refractivity contribution in [3.63, 3.8) is 0 Å². The van der Waals surface area contributed by atoms with Crippen LogP contribution in [-0.4, -0.2) is 44.3 Å². The van der Waals surface area contributed by atoms with E-state index in [4.69, 9.17) is 0 Å². The van der Waals surface area contributed by atoms with E-state index >= 15 is 0 Å². The number of benzene rings is 1. The van der Waals surface area contributed by atoms with Crippen molar-refractivity contribution in [2.75, 3.05) is 13.1 Å². The van der Waals surface area contributed by atoms with Crippen LogP contribution in [-0.2, 0) is 5.92 Å². The second-order valence-electron chi connectivity index (χ2n) is 6.61. The van der Waals surface area contributed by atoms with Crippen LogP contribution < -0.4 is 0 Å². The van der Waals surface area contributed by atoms with E-state index < -0.39 is 35.8 Å². The van der Waals surface area contributed by atoms with Gasteiger partial charge in [-0.2, -0.15) is 8.78 Å². The highest BCUT2D eigenvalue weighted by molar-refractivity contribution is 5.91. The van der Waals surface area contributed by atoms with Gasteiger partial charge in [0.1, 0.15) is 5.67 Å². The van der Waals surface area contributed by atoms with Crippen molar-refractivity contribution in [2.24, 2.45) is 0 Å². The third-order valence-corrected chi connectivity index (χ3v) is 4.41. The molecule has 5 nitrogen and oxygen atoms in total. The number of nitrogens with zero attached hydrogens (tertiary/aromatic N) is 4. The van der Waals surface area contributed by atoms with E-state index in [1.807, 2.05) is 0 Å². The maximum absolute atomic E-state index is 14.3. The predicted molar refractivity (Wildman–Crippen MR) is 78.5 cm³/mol. The minimum Gasteiger partial charge on any atom is -0.329 e. The van der Waals surface area contributed by atoms with Crippen LogP contribution in [0.25, 0.3) is 0 Å². The first-order chi connectivity index (χ1) is 11.3. The second kappa shape index (κ2) is 4.81. The summed E-state index contributed by atoms with van der Waals surface area (Å²) in [4.78, 5) is 17.2. The van der Waals surface area contributed by atoms with Crippen LogP contribution in [0.1, 0.15) is 41.4 Å². The highest BCUT2D eigenvalue weighted by atomic mass is 19.3. The summed E-state index contributed by atoms with van der Waals surface area (Å²) in [6.45, 7) is 1.24. The molecule has 1 aromatic heterocycles. The Bertz CT molecular complexity index is 795. The molecule has 2 aliphatic heterocycles. The number of aromatic nitrogens is 3. The maximum Gasteiger partial charge on any atom is 0.308 e. The lowest BCUT2D eigenvalue weighted by Crippen LogP contribution is -2.59. The van der Waals surface area contributed by atoms with Crippen molar-refractivity contribution < 1.29 is 18.0 Å². The molecule has 1 aromatic carbocycles.